The van der Waals surface area contributed by atoms with Crippen LogP contribution in [0.3, 0.4) is 0 Å². The fourth-order valence-corrected chi connectivity index (χ4v) is 1.17. The second-order valence-electron chi connectivity index (χ2n) is 2.78. The molecule has 1 unspecified atom stereocenters. The molecular weight excluding hydrogens is 246 g/mol. The van der Waals surface area contributed by atoms with Crippen LogP contribution in [0.1, 0.15) is 17.6 Å². The lowest BCUT2D eigenvalue weighted by Gasteiger charge is -1.93. The van der Waals surface area contributed by atoms with E-state index < -0.39 is 0 Å². The zero-order valence-electron chi connectivity index (χ0n) is 7.51. The highest BCUT2D eigenvalue weighted by Crippen LogP contribution is 2.23. The number of hydrogen-bond acceptors (Lipinski definition) is 4. The van der Waals surface area contributed by atoms with Gasteiger partial charge in [0.15, 0.2) is 0 Å². The third-order valence-corrected chi connectivity index (χ3v) is 2.06. The Morgan fingerprint density at radius 1 is 1.36 bits per heavy atom. The highest BCUT2D eigenvalue weighted by Gasteiger charge is 2.12. The number of aromatic nitrogens is 3. The normalized spacial score (nSPS) is 12.7. The van der Waals surface area contributed by atoms with Gasteiger partial charge in [0.05, 0.1) is 4.83 Å². The molecular formula is C9H8BrN3O. The lowest BCUT2D eigenvalue weighted by Crippen LogP contribution is -1.81. The Bertz CT molecular complexity index is 413. The molecule has 0 fully saturated rings. The van der Waals surface area contributed by atoms with Gasteiger partial charge in [0, 0.05) is 6.20 Å². The molecule has 5 heteroatoms. The van der Waals surface area contributed by atoms with Crippen LogP contribution in [0.25, 0.3) is 11.6 Å². The predicted octanol–water partition coefficient (Wildman–Crippen LogP) is 2.59. The maximum Gasteiger partial charge on any atom is 0.266 e. The van der Waals surface area contributed by atoms with Crippen LogP contribution in [-0.4, -0.2) is 15.2 Å². The fourth-order valence-electron chi connectivity index (χ4n) is 0.988. The van der Waals surface area contributed by atoms with E-state index in [2.05, 4.69) is 31.1 Å². The molecule has 2 aromatic heterocycles. The first-order chi connectivity index (χ1) is 6.77. The van der Waals surface area contributed by atoms with Gasteiger partial charge in [-0.3, -0.25) is 4.98 Å². The maximum atomic E-state index is 5.40. The van der Waals surface area contributed by atoms with Crippen molar-refractivity contribution in [2.45, 2.75) is 11.8 Å². The molecule has 72 valence electrons. The number of alkyl halides is 1. The molecule has 0 radical (unpaired) electrons. The molecule has 0 aliphatic rings. The second-order valence-corrected chi connectivity index (χ2v) is 4.15. The molecule has 2 aromatic rings. The van der Waals surface area contributed by atoms with Gasteiger partial charge in [0.2, 0.25) is 5.89 Å². The zero-order valence-corrected chi connectivity index (χ0v) is 9.10. The average molecular weight is 254 g/mol. The molecule has 0 aliphatic carbocycles. The van der Waals surface area contributed by atoms with Crippen LogP contribution in [-0.2, 0) is 0 Å². The van der Waals surface area contributed by atoms with Gasteiger partial charge in [-0.2, -0.15) is 0 Å². The summed E-state index contributed by atoms with van der Waals surface area (Å²) >= 11 is 3.35. The van der Waals surface area contributed by atoms with Crippen molar-refractivity contribution in [2.24, 2.45) is 0 Å². The van der Waals surface area contributed by atoms with Gasteiger partial charge < -0.3 is 4.42 Å². The minimum absolute atomic E-state index is 0.0625. The number of rotatable bonds is 2. The first kappa shape index (κ1) is 9.33. The molecule has 1 atom stereocenters. The van der Waals surface area contributed by atoms with Gasteiger partial charge in [-0.15, -0.1) is 10.2 Å². The van der Waals surface area contributed by atoms with Crippen molar-refractivity contribution in [1.82, 2.24) is 15.2 Å². The molecule has 4 nitrogen and oxygen atoms in total. The Labute approximate surface area is 89.5 Å². The van der Waals surface area contributed by atoms with Crippen molar-refractivity contribution in [3.8, 4) is 11.6 Å². The lowest BCUT2D eigenvalue weighted by molar-refractivity contribution is 0.510. The fraction of sp³-hybridized carbons (Fsp3) is 0.222. The van der Waals surface area contributed by atoms with E-state index in [1.54, 1.807) is 6.20 Å². The molecule has 2 heterocycles. The molecule has 0 amide bonds. The minimum atomic E-state index is 0.0625. The van der Waals surface area contributed by atoms with Gasteiger partial charge in [-0.1, -0.05) is 22.0 Å². The van der Waals surface area contributed by atoms with Crippen LogP contribution in [0.5, 0.6) is 0 Å². The maximum absolute atomic E-state index is 5.40. The van der Waals surface area contributed by atoms with Crippen molar-refractivity contribution in [3.05, 3.63) is 30.3 Å². The third kappa shape index (κ3) is 1.82. The van der Waals surface area contributed by atoms with Crippen LogP contribution >= 0.6 is 15.9 Å². The highest BCUT2D eigenvalue weighted by atomic mass is 79.9. The molecule has 0 spiro atoms. The van der Waals surface area contributed by atoms with E-state index >= 15 is 0 Å². The predicted molar refractivity (Wildman–Crippen MR) is 54.9 cm³/mol. The van der Waals surface area contributed by atoms with Gasteiger partial charge in [0.1, 0.15) is 5.69 Å². The first-order valence-corrected chi connectivity index (χ1v) is 5.08. The molecule has 0 bridgehead atoms. The van der Waals surface area contributed by atoms with Crippen LogP contribution in [0.4, 0.5) is 0 Å². The van der Waals surface area contributed by atoms with E-state index in [0.29, 0.717) is 17.5 Å². The smallest absolute Gasteiger partial charge is 0.266 e. The summed E-state index contributed by atoms with van der Waals surface area (Å²) in [7, 11) is 0. The minimum Gasteiger partial charge on any atom is -0.418 e. The molecule has 0 aliphatic heterocycles. The van der Waals surface area contributed by atoms with Crippen LogP contribution in [0.2, 0.25) is 0 Å². The van der Waals surface area contributed by atoms with Gasteiger partial charge in [-0.05, 0) is 19.1 Å². The standard InChI is InChI=1S/C9H8BrN3O/c1-6(10)8-12-13-9(14-8)7-4-2-3-5-11-7/h2-6H,1H3. The SMILES string of the molecule is CC(Br)c1nnc(-c2ccccn2)o1. The molecule has 2 rings (SSSR count). The van der Waals surface area contributed by atoms with Crippen molar-refractivity contribution in [2.75, 3.05) is 0 Å². The average Bonchev–Trinajstić information content (AvgIpc) is 2.68. The topological polar surface area (TPSA) is 51.8 Å². The van der Waals surface area contributed by atoms with E-state index in [1.807, 2.05) is 25.1 Å². The summed E-state index contributed by atoms with van der Waals surface area (Å²) in [5, 5.41) is 7.79. The highest BCUT2D eigenvalue weighted by molar-refractivity contribution is 9.09. The zero-order chi connectivity index (χ0) is 9.97. The summed E-state index contributed by atoms with van der Waals surface area (Å²) in [5.41, 5.74) is 0.694. The second kappa shape index (κ2) is 3.88. The van der Waals surface area contributed by atoms with E-state index in [9.17, 15) is 0 Å². The van der Waals surface area contributed by atoms with E-state index in [0.717, 1.165) is 0 Å². The number of hydrogen-bond donors (Lipinski definition) is 0. The van der Waals surface area contributed by atoms with Gasteiger partial charge in [0.25, 0.3) is 5.89 Å². The van der Waals surface area contributed by atoms with Gasteiger partial charge in [-0.25, -0.2) is 0 Å². The molecule has 0 aromatic carbocycles. The van der Waals surface area contributed by atoms with Crippen molar-refractivity contribution < 1.29 is 4.42 Å². The Morgan fingerprint density at radius 3 is 2.79 bits per heavy atom. The van der Waals surface area contributed by atoms with Crippen molar-refractivity contribution >= 4 is 15.9 Å². The van der Waals surface area contributed by atoms with E-state index in [-0.39, 0.29) is 4.83 Å². The number of halogens is 1. The Kier molecular flexibility index (Phi) is 2.58. The Balaban J connectivity index is 2.34. The summed E-state index contributed by atoms with van der Waals surface area (Å²) in [4.78, 5) is 4.17. The number of pyridine rings is 1. The van der Waals surface area contributed by atoms with Gasteiger partial charge >= 0.3 is 0 Å². The van der Waals surface area contributed by atoms with Crippen molar-refractivity contribution in [1.29, 1.82) is 0 Å². The van der Waals surface area contributed by atoms with Crippen LogP contribution in [0, 0.1) is 0 Å². The van der Waals surface area contributed by atoms with Crippen LogP contribution in [0.15, 0.2) is 28.8 Å². The molecule has 0 saturated heterocycles. The summed E-state index contributed by atoms with van der Waals surface area (Å²) in [6.07, 6.45) is 1.69. The summed E-state index contributed by atoms with van der Waals surface area (Å²) in [5.74, 6) is 1.01. The van der Waals surface area contributed by atoms with Crippen LogP contribution < -0.4 is 0 Å². The quantitative estimate of drug-likeness (QED) is 0.773. The van der Waals surface area contributed by atoms with Crippen molar-refractivity contribution in [3.63, 3.8) is 0 Å². The monoisotopic (exact) mass is 253 g/mol. The largest absolute Gasteiger partial charge is 0.418 e. The molecule has 0 N–H and O–H groups in total. The number of nitrogens with zero attached hydrogens (tertiary/aromatic N) is 3. The summed E-state index contributed by atoms with van der Waals surface area (Å²) in [6.45, 7) is 1.93. The Hall–Kier alpha value is -1.23. The molecule has 14 heavy (non-hydrogen) atoms. The third-order valence-electron chi connectivity index (χ3n) is 1.66. The Morgan fingerprint density at radius 2 is 2.21 bits per heavy atom. The van der Waals surface area contributed by atoms with E-state index in [1.165, 1.54) is 0 Å². The first-order valence-electron chi connectivity index (χ1n) is 4.16. The lowest BCUT2D eigenvalue weighted by atomic mass is 10.3. The molecule has 0 saturated carbocycles. The summed E-state index contributed by atoms with van der Waals surface area (Å²) < 4.78 is 5.40. The summed E-state index contributed by atoms with van der Waals surface area (Å²) in [6, 6.07) is 5.55. The van der Waals surface area contributed by atoms with E-state index in [4.69, 9.17) is 4.42 Å².